The topological polar surface area (TPSA) is 65.1 Å². The highest BCUT2D eigenvalue weighted by Gasteiger charge is 2.50. The van der Waals surface area contributed by atoms with Crippen LogP contribution in [0.5, 0.6) is 0 Å². The third-order valence-corrected chi connectivity index (χ3v) is 5.73. The number of hydrogen-bond donors (Lipinski definition) is 4. The lowest BCUT2D eigenvalue weighted by Gasteiger charge is -2.41. The molecular formula is C21H32NO3+. The van der Waals surface area contributed by atoms with Crippen LogP contribution in [0.15, 0.2) is 30.3 Å². The highest BCUT2D eigenvalue weighted by molar-refractivity contribution is 5.36. The van der Waals surface area contributed by atoms with E-state index in [-0.39, 0.29) is 18.6 Å². The molecule has 1 aliphatic rings. The summed E-state index contributed by atoms with van der Waals surface area (Å²) in [5.74, 6) is 6.39. The van der Waals surface area contributed by atoms with Crippen molar-refractivity contribution in [2.75, 3.05) is 32.8 Å². The minimum atomic E-state index is -1.15. The van der Waals surface area contributed by atoms with Crippen molar-refractivity contribution < 1.29 is 20.2 Å². The summed E-state index contributed by atoms with van der Waals surface area (Å²) in [5, 5.41) is 30.0. The maximum atomic E-state index is 11.7. The Bertz CT molecular complexity index is 566. The van der Waals surface area contributed by atoms with E-state index in [2.05, 4.69) is 18.8 Å². The van der Waals surface area contributed by atoms with Gasteiger partial charge < -0.3 is 20.2 Å². The molecule has 4 nitrogen and oxygen atoms in total. The SMILES string of the molecule is CCC1([C@@](O)(C#CC[NH+](CCO)CCO)c2ccccc2)CCCC1. The van der Waals surface area contributed by atoms with Crippen LogP contribution < -0.4 is 4.90 Å². The van der Waals surface area contributed by atoms with E-state index in [0.717, 1.165) is 42.6 Å². The third kappa shape index (κ3) is 4.43. The molecule has 1 aliphatic carbocycles. The van der Waals surface area contributed by atoms with Crippen LogP contribution in [0.3, 0.4) is 0 Å². The molecule has 4 N–H and O–H groups in total. The number of benzene rings is 1. The predicted molar refractivity (Wildman–Crippen MR) is 99.0 cm³/mol. The van der Waals surface area contributed by atoms with Crippen LogP contribution >= 0.6 is 0 Å². The first-order valence-electron chi connectivity index (χ1n) is 9.45. The second-order valence-corrected chi connectivity index (χ2v) is 7.09. The van der Waals surface area contributed by atoms with Gasteiger partial charge in [0.1, 0.15) is 19.6 Å². The number of nitrogens with one attached hydrogen (secondary N) is 1. The van der Waals surface area contributed by atoms with Crippen LogP contribution in [-0.4, -0.2) is 48.2 Å². The molecule has 0 unspecified atom stereocenters. The van der Waals surface area contributed by atoms with Crippen LogP contribution in [0.1, 0.15) is 44.6 Å². The monoisotopic (exact) mass is 346 g/mol. The Morgan fingerprint density at radius 2 is 1.68 bits per heavy atom. The second-order valence-electron chi connectivity index (χ2n) is 7.09. The lowest BCUT2D eigenvalue weighted by molar-refractivity contribution is -0.893. The van der Waals surface area contributed by atoms with Gasteiger partial charge in [-0.05, 0) is 30.7 Å². The van der Waals surface area contributed by atoms with Gasteiger partial charge in [0.15, 0.2) is 5.60 Å². The zero-order valence-electron chi connectivity index (χ0n) is 15.3. The van der Waals surface area contributed by atoms with Gasteiger partial charge in [-0.15, -0.1) is 0 Å². The molecule has 1 aromatic carbocycles. The lowest BCUT2D eigenvalue weighted by Crippen LogP contribution is -3.13. The van der Waals surface area contributed by atoms with Crippen LogP contribution in [0, 0.1) is 17.3 Å². The molecule has 4 heteroatoms. The van der Waals surface area contributed by atoms with Crippen molar-refractivity contribution in [3.05, 3.63) is 35.9 Å². The Kier molecular flexibility index (Phi) is 7.46. The van der Waals surface area contributed by atoms with E-state index in [1.165, 1.54) is 0 Å². The molecule has 0 radical (unpaired) electrons. The third-order valence-electron chi connectivity index (χ3n) is 5.73. The van der Waals surface area contributed by atoms with Crippen molar-refractivity contribution in [3.63, 3.8) is 0 Å². The smallest absolute Gasteiger partial charge is 0.156 e. The van der Waals surface area contributed by atoms with Crippen LogP contribution in [0.2, 0.25) is 0 Å². The van der Waals surface area contributed by atoms with Gasteiger partial charge in [0.25, 0.3) is 0 Å². The average Bonchev–Trinajstić information content (AvgIpc) is 3.13. The fourth-order valence-corrected chi connectivity index (χ4v) is 4.13. The second kappa shape index (κ2) is 9.35. The first-order valence-corrected chi connectivity index (χ1v) is 9.45. The highest BCUT2D eigenvalue weighted by Crippen LogP contribution is 2.53. The highest BCUT2D eigenvalue weighted by atomic mass is 16.3. The molecule has 1 saturated carbocycles. The van der Waals surface area contributed by atoms with Crippen LogP contribution in [0.25, 0.3) is 0 Å². The zero-order valence-corrected chi connectivity index (χ0v) is 15.3. The number of aliphatic hydroxyl groups is 3. The van der Waals surface area contributed by atoms with Gasteiger partial charge in [-0.3, -0.25) is 0 Å². The molecule has 1 aromatic rings. The lowest BCUT2D eigenvalue weighted by atomic mass is 9.65. The van der Waals surface area contributed by atoms with E-state index < -0.39 is 5.60 Å². The van der Waals surface area contributed by atoms with Gasteiger partial charge in [-0.1, -0.05) is 56.0 Å². The van der Waals surface area contributed by atoms with Crippen molar-refractivity contribution >= 4 is 0 Å². The van der Waals surface area contributed by atoms with Crippen LogP contribution in [-0.2, 0) is 5.60 Å². The number of aliphatic hydroxyl groups excluding tert-OH is 2. The van der Waals surface area contributed by atoms with E-state index >= 15 is 0 Å². The molecule has 1 fully saturated rings. The molecular weight excluding hydrogens is 314 g/mol. The molecule has 0 saturated heterocycles. The molecule has 0 bridgehead atoms. The van der Waals surface area contributed by atoms with Crippen molar-refractivity contribution in [2.45, 2.75) is 44.6 Å². The first-order chi connectivity index (χ1) is 12.1. The molecule has 0 spiro atoms. The van der Waals surface area contributed by atoms with Crippen molar-refractivity contribution in [1.29, 1.82) is 0 Å². The summed E-state index contributed by atoms with van der Waals surface area (Å²) in [6.07, 6.45) is 5.16. The Morgan fingerprint density at radius 1 is 1.08 bits per heavy atom. The summed E-state index contributed by atoms with van der Waals surface area (Å²) < 4.78 is 0. The summed E-state index contributed by atoms with van der Waals surface area (Å²) in [5.41, 5.74) is -0.476. The molecule has 0 heterocycles. The maximum absolute atomic E-state index is 11.7. The van der Waals surface area contributed by atoms with Gasteiger partial charge >= 0.3 is 0 Å². The van der Waals surface area contributed by atoms with E-state index in [0.29, 0.717) is 19.6 Å². The van der Waals surface area contributed by atoms with Gasteiger partial charge in [0.2, 0.25) is 0 Å². The van der Waals surface area contributed by atoms with Crippen molar-refractivity contribution in [3.8, 4) is 11.8 Å². The number of quaternary nitrogens is 1. The summed E-state index contributed by atoms with van der Waals surface area (Å²) in [6.45, 7) is 3.90. The van der Waals surface area contributed by atoms with Gasteiger partial charge in [0.05, 0.1) is 13.2 Å². The van der Waals surface area contributed by atoms with Gasteiger partial charge in [-0.25, -0.2) is 0 Å². The first kappa shape index (κ1) is 19.9. The standard InChI is InChI=1S/C21H31NO3/c1-2-20(11-6-7-12-20)21(25,19-9-4-3-5-10-19)13-8-14-22(15-17-23)16-18-24/h3-5,9-10,23-25H,2,6-7,11-12,14-18H2,1H3/p+1/t21-/m1/s1. The molecule has 0 amide bonds. The Labute approximate surface area is 151 Å². The maximum Gasteiger partial charge on any atom is 0.156 e. The Hall–Kier alpha value is -1.38. The zero-order chi connectivity index (χ0) is 18.2. The molecule has 0 aliphatic heterocycles. The van der Waals surface area contributed by atoms with Crippen LogP contribution in [0.4, 0.5) is 0 Å². The quantitative estimate of drug-likeness (QED) is 0.525. The van der Waals surface area contributed by atoms with E-state index in [9.17, 15) is 5.11 Å². The molecule has 0 aromatic heterocycles. The molecule has 138 valence electrons. The fourth-order valence-electron chi connectivity index (χ4n) is 4.13. The minimum absolute atomic E-state index is 0.0683. The molecule has 25 heavy (non-hydrogen) atoms. The predicted octanol–water partition coefficient (Wildman–Crippen LogP) is 0.718. The summed E-state index contributed by atoms with van der Waals surface area (Å²) in [7, 11) is 0. The van der Waals surface area contributed by atoms with E-state index in [1.54, 1.807) is 0 Å². The largest absolute Gasteiger partial charge is 0.391 e. The Morgan fingerprint density at radius 3 is 2.20 bits per heavy atom. The van der Waals surface area contributed by atoms with Gasteiger partial charge in [0, 0.05) is 5.41 Å². The fraction of sp³-hybridized carbons (Fsp3) is 0.619. The van der Waals surface area contributed by atoms with E-state index in [4.69, 9.17) is 10.2 Å². The average molecular weight is 346 g/mol. The summed E-state index contributed by atoms with van der Waals surface area (Å²) >= 11 is 0. The summed E-state index contributed by atoms with van der Waals surface area (Å²) in [4.78, 5) is 1.03. The summed E-state index contributed by atoms with van der Waals surface area (Å²) in [6, 6.07) is 9.80. The van der Waals surface area contributed by atoms with E-state index in [1.807, 2.05) is 30.3 Å². The van der Waals surface area contributed by atoms with Crippen molar-refractivity contribution in [1.82, 2.24) is 0 Å². The molecule has 1 atom stereocenters. The molecule has 2 rings (SSSR count). The normalized spacial score (nSPS) is 18.6. The van der Waals surface area contributed by atoms with Gasteiger partial charge in [-0.2, -0.15) is 0 Å². The Balaban J connectivity index is 2.32. The minimum Gasteiger partial charge on any atom is -0.391 e. The van der Waals surface area contributed by atoms with Crippen molar-refractivity contribution in [2.24, 2.45) is 5.41 Å². The number of rotatable bonds is 8. The number of hydrogen-bond acceptors (Lipinski definition) is 3.